The molecule has 0 bridgehead atoms. The Kier molecular flexibility index (Phi) is 6.65. The number of amides is 2. The molecule has 0 radical (unpaired) electrons. The lowest BCUT2D eigenvalue weighted by molar-refractivity contribution is -0.120. The van der Waals surface area contributed by atoms with Crippen molar-refractivity contribution in [2.45, 2.75) is 33.1 Å². The highest BCUT2D eigenvalue weighted by atomic mass is 16.2. The standard InChI is InChI=1S/C15H24N4O2/c1-5-17-14(20)6-7-18-15(21)11-8-12(10(2)3)19-13(9-11)16-4/h8-10H,5-7H2,1-4H3,(H,16,19)(H,17,20)(H,18,21). The van der Waals surface area contributed by atoms with Gasteiger partial charge in [-0.15, -0.1) is 0 Å². The molecule has 1 aromatic heterocycles. The fourth-order valence-corrected chi connectivity index (χ4v) is 1.78. The van der Waals surface area contributed by atoms with E-state index in [2.05, 4.69) is 20.9 Å². The van der Waals surface area contributed by atoms with Crippen LogP contribution in [0.4, 0.5) is 5.82 Å². The molecule has 0 fully saturated rings. The van der Waals surface area contributed by atoms with Gasteiger partial charge in [-0.25, -0.2) is 4.98 Å². The molecule has 0 unspecified atom stereocenters. The molecule has 1 heterocycles. The van der Waals surface area contributed by atoms with Gasteiger partial charge in [0.05, 0.1) is 0 Å². The van der Waals surface area contributed by atoms with Crippen LogP contribution in [0, 0.1) is 0 Å². The zero-order valence-corrected chi connectivity index (χ0v) is 13.1. The van der Waals surface area contributed by atoms with Crippen LogP contribution in [0.25, 0.3) is 0 Å². The summed E-state index contributed by atoms with van der Waals surface area (Å²) in [4.78, 5) is 27.9. The molecule has 0 aliphatic carbocycles. The van der Waals surface area contributed by atoms with E-state index in [1.807, 2.05) is 20.8 Å². The minimum absolute atomic E-state index is 0.0636. The molecule has 21 heavy (non-hydrogen) atoms. The quantitative estimate of drug-likeness (QED) is 0.711. The van der Waals surface area contributed by atoms with Crippen LogP contribution in [0.15, 0.2) is 12.1 Å². The average Bonchev–Trinajstić information content (AvgIpc) is 2.46. The predicted molar refractivity (Wildman–Crippen MR) is 83.5 cm³/mol. The summed E-state index contributed by atoms with van der Waals surface area (Å²) in [5.41, 5.74) is 1.41. The van der Waals surface area contributed by atoms with Crippen LogP contribution in [0.1, 0.15) is 49.2 Å². The highest BCUT2D eigenvalue weighted by Gasteiger charge is 2.11. The van der Waals surface area contributed by atoms with Gasteiger partial charge in [-0.3, -0.25) is 9.59 Å². The molecule has 0 saturated heterocycles. The number of carbonyl (C=O) groups excluding carboxylic acids is 2. The van der Waals surface area contributed by atoms with E-state index in [9.17, 15) is 9.59 Å². The minimum Gasteiger partial charge on any atom is -0.373 e. The molecule has 0 aromatic carbocycles. The van der Waals surface area contributed by atoms with E-state index in [1.165, 1.54) is 0 Å². The van der Waals surface area contributed by atoms with Gasteiger partial charge in [0, 0.05) is 37.8 Å². The molecule has 3 N–H and O–H groups in total. The molecule has 2 amide bonds. The molecular formula is C15H24N4O2. The Balaban J connectivity index is 2.69. The summed E-state index contributed by atoms with van der Waals surface area (Å²) in [6.07, 6.45) is 0.278. The van der Waals surface area contributed by atoms with E-state index in [0.717, 1.165) is 5.69 Å². The smallest absolute Gasteiger partial charge is 0.251 e. The van der Waals surface area contributed by atoms with E-state index in [-0.39, 0.29) is 24.2 Å². The van der Waals surface area contributed by atoms with Crippen molar-refractivity contribution in [1.82, 2.24) is 15.6 Å². The van der Waals surface area contributed by atoms with Gasteiger partial charge in [-0.1, -0.05) is 13.8 Å². The van der Waals surface area contributed by atoms with Crippen molar-refractivity contribution >= 4 is 17.6 Å². The zero-order valence-electron chi connectivity index (χ0n) is 13.1. The van der Waals surface area contributed by atoms with E-state index >= 15 is 0 Å². The molecule has 0 spiro atoms. The van der Waals surface area contributed by atoms with Crippen molar-refractivity contribution in [2.24, 2.45) is 0 Å². The number of carbonyl (C=O) groups is 2. The van der Waals surface area contributed by atoms with Crippen LogP contribution in [0.5, 0.6) is 0 Å². The number of pyridine rings is 1. The van der Waals surface area contributed by atoms with Crippen LogP contribution in [0.2, 0.25) is 0 Å². The SMILES string of the molecule is CCNC(=O)CCNC(=O)c1cc(NC)nc(C(C)C)c1. The lowest BCUT2D eigenvalue weighted by Gasteiger charge is -2.11. The monoisotopic (exact) mass is 292 g/mol. The van der Waals surface area contributed by atoms with Crippen molar-refractivity contribution in [3.05, 3.63) is 23.4 Å². The number of hydrogen-bond acceptors (Lipinski definition) is 4. The van der Waals surface area contributed by atoms with Gasteiger partial charge in [0.2, 0.25) is 5.91 Å². The largest absolute Gasteiger partial charge is 0.373 e. The van der Waals surface area contributed by atoms with Crippen LogP contribution in [0.3, 0.4) is 0 Å². The Morgan fingerprint density at radius 1 is 1.24 bits per heavy atom. The summed E-state index contributed by atoms with van der Waals surface area (Å²) in [6, 6.07) is 3.49. The molecule has 0 atom stereocenters. The first kappa shape index (κ1) is 16.9. The third-order valence-electron chi connectivity index (χ3n) is 2.97. The molecular weight excluding hydrogens is 268 g/mol. The minimum atomic E-state index is -0.194. The normalized spacial score (nSPS) is 10.3. The van der Waals surface area contributed by atoms with E-state index in [1.54, 1.807) is 19.2 Å². The molecule has 0 aliphatic rings. The fourth-order valence-electron chi connectivity index (χ4n) is 1.78. The number of rotatable bonds is 7. The van der Waals surface area contributed by atoms with Crippen molar-refractivity contribution in [3.63, 3.8) is 0 Å². The fraction of sp³-hybridized carbons (Fsp3) is 0.533. The van der Waals surface area contributed by atoms with Gasteiger partial charge in [-0.2, -0.15) is 0 Å². The molecule has 1 rings (SSSR count). The van der Waals surface area contributed by atoms with Crippen molar-refractivity contribution in [2.75, 3.05) is 25.5 Å². The number of nitrogens with zero attached hydrogens (tertiary/aromatic N) is 1. The van der Waals surface area contributed by atoms with Crippen molar-refractivity contribution < 1.29 is 9.59 Å². The van der Waals surface area contributed by atoms with Crippen LogP contribution in [-0.2, 0) is 4.79 Å². The Hall–Kier alpha value is -2.11. The zero-order chi connectivity index (χ0) is 15.8. The number of nitrogens with one attached hydrogen (secondary N) is 3. The molecule has 0 saturated carbocycles. The maximum absolute atomic E-state index is 12.1. The second-order valence-corrected chi connectivity index (χ2v) is 5.03. The molecule has 6 heteroatoms. The summed E-state index contributed by atoms with van der Waals surface area (Å²) in [5, 5.41) is 8.39. The van der Waals surface area contributed by atoms with Gasteiger partial charge < -0.3 is 16.0 Å². The highest BCUT2D eigenvalue weighted by molar-refractivity contribution is 5.95. The van der Waals surface area contributed by atoms with Crippen LogP contribution >= 0.6 is 0 Å². The first-order chi connectivity index (χ1) is 9.97. The second-order valence-electron chi connectivity index (χ2n) is 5.03. The van der Waals surface area contributed by atoms with Gasteiger partial charge in [0.15, 0.2) is 0 Å². The Morgan fingerprint density at radius 2 is 1.95 bits per heavy atom. The third kappa shape index (κ3) is 5.41. The highest BCUT2D eigenvalue weighted by Crippen LogP contribution is 2.17. The van der Waals surface area contributed by atoms with Crippen molar-refractivity contribution in [1.29, 1.82) is 0 Å². The van der Waals surface area contributed by atoms with E-state index in [0.29, 0.717) is 24.5 Å². The van der Waals surface area contributed by atoms with Gasteiger partial charge in [0.1, 0.15) is 5.82 Å². The molecule has 0 aliphatic heterocycles. The van der Waals surface area contributed by atoms with Crippen LogP contribution < -0.4 is 16.0 Å². The molecule has 6 nitrogen and oxygen atoms in total. The second kappa shape index (κ2) is 8.24. The summed E-state index contributed by atoms with van der Waals surface area (Å²) < 4.78 is 0. The number of anilines is 1. The summed E-state index contributed by atoms with van der Waals surface area (Å²) in [7, 11) is 1.77. The molecule has 1 aromatic rings. The number of aromatic nitrogens is 1. The summed E-state index contributed by atoms with van der Waals surface area (Å²) in [5.74, 6) is 0.640. The topological polar surface area (TPSA) is 83.1 Å². The van der Waals surface area contributed by atoms with Crippen LogP contribution in [-0.4, -0.2) is 36.9 Å². The first-order valence-electron chi connectivity index (χ1n) is 7.22. The van der Waals surface area contributed by atoms with Gasteiger partial charge >= 0.3 is 0 Å². The Labute approximate surface area is 125 Å². The lowest BCUT2D eigenvalue weighted by atomic mass is 10.1. The number of hydrogen-bond donors (Lipinski definition) is 3. The lowest BCUT2D eigenvalue weighted by Crippen LogP contribution is -2.30. The van der Waals surface area contributed by atoms with Crippen molar-refractivity contribution in [3.8, 4) is 0 Å². The maximum atomic E-state index is 12.1. The maximum Gasteiger partial charge on any atom is 0.251 e. The van der Waals surface area contributed by atoms with E-state index in [4.69, 9.17) is 0 Å². The Bertz CT molecular complexity index is 500. The van der Waals surface area contributed by atoms with Gasteiger partial charge in [0.25, 0.3) is 5.91 Å². The molecule has 116 valence electrons. The van der Waals surface area contributed by atoms with E-state index < -0.39 is 0 Å². The first-order valence-corrected chi connectivity index (χ1v) is 7.22. The predicted octanol–water partition coefficient (Wildman–Crippen LogP) is 1.50. The summed E-state index contributed by atoms with van der Waals surface area (Å²) in [6.45, 7) is 6.83. The third-order valence-corrected chi connectivity index (χ3v) is 2.97. The average molecular weight is 292 g/mol. The Morgan fingerprint density at radius 3 is 2.52 bits per heavy atom. The summed E-state index contributed by atoms with van der Waals surface area (Å²) >= 11 is 0. The van der Waals surface area contributed by atoms with Gasteiger partial charge in [-0.05, 0) is 25.0 Å².